The van der Waals surface area contributed by atoms with Crippen LogP contribution < -0.4 is 5.32 Å². The van der Waals surface area contributed by atoms with Crippen LogP contribution in [0.25, 0.3) is 0 Å². The molecule has 1 aliphatic carbocycles. The van der Waals surface area contributed by atoms with Crippen LogP contribution in [0.1, 0.15) is 49.5 Å². The van der Waals surface area contributed by atoms with Crippen LogP contribution in [-0.4, -0.2) is 17.7 Å². The van der Waals surface area contributed by atoms with Crippen molar-refractivity contribution in [1.82, 2.24) is 5.32 Å². The van der Waals surface area contributed by atoms with Gasteiger partial charge in [0.15, 0.2) is 0 Å². The fourth-order valence-corrected chi connectivity index (χ4v) is 2.58. The van der Waals surface area contributed by atoms with Crippen LogP contribution in [0.5, 0.6) is 0 Å². The second kappa shape index (κ2) is 5.65. The molecule has 0 spiro atoms. The lowest BCUT2D eigenvalue weighted by molar-refractivity contribution is 0.170. The van der Waals surface area contributed by atoms with Crippen LogP contribution in [0.15, 0.2) is 18.2 Å². The summed E-state index contributed by atoms with van der Waals surface area (Å²) in [5, 5.41) is 13.6. The van der Waals surface area contributed by atoms with E-state index < -0.39 is 0 Å². The van der Waals surface area contributed by atoms with Gasteiger partial charge in [0.05, 0.1) is 6.10 Å². The molecule has 0 unspecified atom stereocenters. The maximum Gasteiger partial charge on any atom is 0.0917 e. The first-order valence-corrected chi connectivity index (χ1v) is 6.70. The average Bonchev–Trinajstić information content (AvgIpc) is 2.35. The Bertz CT molecular complexity index is 373. The lowest BCUT2D eigenvalue weighted by Gasteiger charge is -2.23. The van der Waals surface area contributed by atoms with Crippen LogP contribution in [0.4, 0.5) is 0 Å². The molecule has 1 aliphatic rings. The smallest absolute Gasteiger partial charge is 0.0917 e. The molecule has 0 radical (unpaired) electrons. The summed E-state index contributed by atoms with van der Waals surface area (Å²) < 4.78 is 0. The van der Waals surface area contributed by atoms with Gasteiger partial charge in [-0.25, -0.2) is 0 Å². The normalized spacial score (nSPS) is 16.9. The van der Waals surface area contributed by atoms with Crippen molar-refractivity contribution in [2.24, 2.45) is 0 Å². The van der Waals surface area contributed by atoms with E-state index in [2.05, 4.69) is 37.4 Å². The van der Waals surface area contributed by atoms with Gasteiger partial charge in [-0.1, -0.05) is 32.0 Å². The van der Waals surface area contributed by atoms with E-state index >= 15 is 0 Å². The molecule has 0 bridgehead atoms. The molecule has 1 aromatic rings. The number of fused-ring (bicyclic) bond motifs is 1. The summed E-state index contributed by atoms with van der Waals surface area (Å²) in [6, 6.07) is 6.79. The number of rotatable bonds is 4. The van der Waals surface area contributed by atoms with E-state index in [1.54, 1.807) is 0 Å². The molecule has 0 amide bonds. The Morgan fingerprint density at radius 1 is 1.24 bits per heavy atom. The maximum absolute atomic E-state index is 10.3. The van der Waals surface area contributed by atoms with Gasteiger partial charge in [0.2, 0.25) is 0 Å². The molecule has 2 N–H and O–H groups in total. The number of aliphatic hydroxyl groups is 1. The Balaban J connectivity index is 2.14. The van der Waals surface area contributed by atoms with Crippen molar-refractivity contribution in [3.63, 3.8) is 0 Å². The predicted molar refractivity (Wildman–Crippen MR) is 71.2 cm³/mol. The third-order valence-electron chi connectivity index (χ3n) is 3.51. The molecule has 2 rings (SSSR count). The van der Waals surface area contributed by atoms with Gasteiger partial charge in [0.25, 0.3) is 0 Å². The third kappa shape index (κ3) is 3.08. The van der Waals surface area contributed by atoms with Gasteiger partial charge >= 0.3 is 0 Å². The van der Waals surface area contributed by atoms with Crippen LogP contribution in [0, 0.1) is 0 Å². The number of hydrogen-bond donors (Lipinski definition) is 2. The minimum atomic E-state index is -0.370. The number of aryl methyl sites for hydroxylation is 1. The Labute approximate surface area is 104 Å². The molecule has 0 fully saturated rings. The Kier molecular flexibility index (Phi) is 4.19. The van der Waals surface area contributed by atoms with E-state index in [0.717, 1.165) is 12.0 Å². The van der Waals surface area contributed by atoms with Crippen molar-refractivity contribution < 1.29 is 5.11 Å². The number of benzene rings is 1. The molecule has 0 saturated carbocycles. The van der Waals surface area contributed by atoms with E-state index in [0.29, 0.717) is 12.6 Å². The minimum absolute atomic E-state index is 0.370. The van der Waals surface area contributed by atoms with Crippen molar-refractivity contribution in [2.75, 3.05) is 6.54 Å². The molecule has 2 heteroatoms. The van der Waals surface area contributed by atoms with Crippen LogP contribution in [-0.2, 0) is 12.8 Å². The molecule has 0 aliphatic heterocycles. The van der Waals surface area contributed by atoms with Gasteiger partial charge in [0, 0.05) is 12.6 Å². The highest BCUT2D eigenvalue weighted by Gasteiger charge is 2.17. The number of aliphatic hydroxyl groups excluding tert-OH is 1. The Hall–Kier alpha value is -0.860. The van der Waals surface area contributed by atoms with E-state index in [4.69, 9.17) is 0 Å². The van der Waals surface area contributed by atoms with Crippen molar-refractivity contribution in [3.05, 3.63) is 34.9 Å². The zero-order valence-corrected chi connectivity index (χ0v) is 10.9. The first-order chi connectivity index (χ1) is 8.18. The van der Waals surface area contributed by atoms with Gasteiger partial charge in [0.1, 0.15) is 0 Å². The highest BCUT2D eigenvalue weighted by atomic mass is 16.3. The number of hydrogen-bond acceptors (Lipinski definition) is 2. The molecule has 0 heterocycles. The fourth-order valence-electron chi connectivity index (χ4n) is 2.58. The second-order valence-corrected chi connectivity index (χ2v) is 5.27. The molecular weight excluding hydrogens is 210 g/mol. The summed E-state index contributed by atoms with van der Waals surface area (Å²) in [7, 11) is 0. The van der Waals surface area contributed by atoms with Crippen molar-refractivity contribution in [2.45, 2.75) is 51.7 Å². The molecular formula is C15H23NO. The largest absolute Gasteiger partial charge is 0.387 e. The summed E-state index contributed by atoms with van der Waals surface area (Å²) in [4.78, 5) is 0. The molecule has 17 heavy (non-hydrogen) atoms. The molecule has 1 aromatic carbocycles. The first-order valence-electron chi connectivity index (χ1n) is 6.70. The highest BCUT2D eigenvalue weighted by Crippen LogP contribution is 2.28. The molecule has 94 valence electrons. The Morgan fingerprint density at radius 3 is 2.76 bits per heavy atom. The SMILES string of the molecule is CC(C)NC[C@@H](O)c1cccc2c1CCCC2. The quantitative estimate of drug-likeness (QED) is 0.838. The van der Waals surface area contributed by atoms with Crippen LogP contribution in [0.3, 0.4) is 0 Å². The summed E-state index contributed by atoms with van der Waals surface area (Å²) in [6.45, 7) is 4.86. The van der Waals surface area contributed by atoms with Gasteiger partial charge in [-0.2, -0.15) is 0 Å². The third-order valence-corrected chi connectivity index (χ3v) is 3.51. The summed E-state index contributed by atoms with van der Waals surface area (Å²) in [5.41, 5.74) is 3.98. The predicted octanol–water partition coefficient (Wildman–Crippen LogP) is 2.60. The van der Waals surface area contributed by atoms with E-state index in [1.165, 1.54) is 30.4 Å². The van der Waals surface area contributed by atoms with E-state index in [-0.39, 0.29) is 6.10 Å². The summed E-state index contributed by atoms with van der Waals surface area (Å²) in [6.07, 6.45) is 4.48. The standard InChI is InChI=1S/C15H23NO/c1-11(2)16-10-15(17)14-9-5-7-12-6-3-4-8-13(12)14/h5,7,9,11,15-17H,3-4,6,8,10H2,1-2H3/t15-/m1/s1. The Morgan fingerprint density at radius 2 is 2.00 bits per heavy atom. The average molecular weight is 233 g/mol. The zero-order chi connectivity index (χ0) is 12.3. The number of nitrogens with one attached hydrogen (secondary N) is 1. The lowest BCUT2D eigenvalue weighted by atomic mass is 9.86. The monoisotopic (exact) mass is 233 g/mol. The minimum Gasteiger partial charge on any atom is -0.387 e. The van der Waals surface area contributed by atoms with Gasteiger partial charge < -0.3 is 10.4 Å². The molecule has 2 nitrogen and oxygen atoms in total. The summed E-state index contributed by atoms with van der Waals surface area (Å²) in [5.74, 6) is 0. The fraction of sp³-hybridized carbons (Fsp3) is 0.600. The highest BCUT2D eigenvalue weighted by molar-refractivity contribution is 5.38. The molecule has 1 atom stereocenters. The van der Waals surface area contributed by atoms with Crippen molar-refractivity contribution >= 4 is 0 Å². The lowest BCUT2D eigenvalue weighted by Crippen LogP contribution is -2.28. The van der Waals surface area contributed by atoms with E-state index in [9.17, 15) is 5.11 Å². The van der Waals surface area contributed by atoms with Crippen LogP contribution in [0.2, 0.25) is 0 Å². The van der Waals surface area contributed by atoms with Gasteiger partial charge in [-0.05, 0) is 42.4 Å². The first kappa shape index (κ1) is 12.6. The van der Waals surface area contributed by atoms with E-state index in [1.807, 2.05) is 0 Å². The van der Waals surface area contributed by atoms with Gasteiger partial charge in [-0.15, -0.1) is 0 Å². The summed E-state index contributed by atoms with van der Waals surface area (Å²) >= 11 is 0. The topological polar surface area (TPSA) is 32.3 Å². The van der Waals surface area contributed by atoms with Crippen LogP contribution >= 0.6 is 0 Å². The molecule has 0 saturated heterocycles. The van der Waals surface area contributed by atoms with Crippen molar-refractivity contribution in [3.8, 4) is 0 Å². The zero-order valence-electron chi connectivity index (χ0n) is 10.9. The van der Waals surface area contributed by atoms with Crippen molar-refractivity contribution in [1.29, 1.82) is 0 Å². The second-order valence-electron chi connectivity index (χ2n) is 5.27. The van der Waals surface area contributed by atoms with Gasteiger partial charge in [-0.3, -0.25) is 0 Å². The molecule has 0 aromatic heterocycles. The maximum atomic E-state index is 10.3.